The molecule has 0 spiro atoms. The first kappa shape index (κ1) is 16.4. The van der Waals surface area contributed by atoms with E-state index in [9.17, 15) is 8.76 Å². The zero-order valence-electron chi connectivity index (χ0n) is 12.6. The van der Waals surface area contributed by atoms with Crippen LogP contribution in [0.15, 0.2) is 47.4 Å². The maximum absolute atomic E-state index is 11.4. The van der Waals surface area contributed by atoms with Gasteiger partial charge in [-0.1, -0.05) is 31.2 Å². The largest absolute Gasteiger partial charge is 0.768 e. The van der Waals surface area contributed by atoms with Crippen LogP contribution >= 0.6 is 0 Å². The molecule has 4 nitrogen and oxygen atoms in total. The SMILES string of the molecule is CCCOc1cc(-c2ccccc2S(=O)[O-])ccc1C(C)=N. The highest BCUT2D eigenvalue weighted by molar-refractivity contribution is 7.79. The molecule has 2 aromatic rings. The lowest BCUT2D eigenvalue weighted by Crippen LogP contribution is -2.03. The van der Waals surface area contributed by atoms with Gasteiger partial charge in [-0.2, -0.15) is 0 Å². The summed E-state index contributed by atoms with van der Waals surface area (Å²) in [4.78, 5) is 0.253. The minimum Gasteiger partial charge on any atom is -0.768 e. The Hall–Kier alpha value is -1.98. The van der Waals surface area contributed by atoms with Crippen molar-refractivity contribution in [3.8, 4) is 16.9 Å². The van der Waals surface area contributed by atoms with Crippen molar-refractivity contribution in [3.63, 3.8) is 0 Å². The first-order valence-electron chi connectivity index (χ1n) is 7.05. The monoisotopic (exact) mass is 316 g/mol. The van der Waals surface area contributed by atoms with Crippen molar-refractivity contribution in [1.29, 1.82) is 5.41 Å². The van der Waals surface area contributed by atoms with Crippen LogP contribution in [0, 0.1) is 5.41 Å². The number of nitrogens with one attached hydrogen (secondary N) is 1. The Labute approximate surface area is 132 Å². The number of rotatable bonds is 6. The van der Waals surface area contributed by atoms with Gasteiger partial charge in [-0.3, -0.25) is 4.21 Å². The number of ether oxygens (including phenoxy) is 1. The van der Waals surface area contributed by atoms with Crippen LogP contribution in [0.3, 0.4) is 0 Å². The van der Waals surface area contributed by atoms with E-state index in [0.717, 1.165) is 17.5 Å². The molecule has 0 aliphatic rings. The van der Waals surface area contributed by atoms with Gasteiger partial charge in [0.1, 0.15) is 5.75 Å². The van der Waals surface area contributed by atoms with Gasteiger partial charge >= 0.3 is 0 Å². The Morgan fingerprint density at radius 2 is 2.00 bits per heavy atom. The lowest BCUT2D eigenvalue weighted by Gasteiger charge is -2.15. The molecular weight excluding hydrogens is 298 g/mol. The third kappa shape index (κ3) is 3.61. The second-order valence-electron chi connectivity index (χ2n) is 4.92. The molecular formula is C17H18NO3S-. The summed E-state index contributed by atoms with van der Waals surface area (Å²) >= 11 is -2.30. The van der Waals surface area contributed by atoms with Crippen LogP contribution in [0.5, 0.6) is 5.75 Å². The topological polar surface area (TPSA) is 73.2 Å². The Morgan fingerprint density at radius 3 is 2.64 bits per heavy atom. The molecule has 0 fully saturated rings. The minimum atomic E-state index is -2.30. The Kier molecular flexibility index (Phi) is 5.46. The van der Waals surface area contributed by atoms with E-state index in [1.54, 1.807) is 43.3 Å². The van der Waals surface area contributed by atoms with Crippen LogP contribution in [0.25, 0.3) is 11.1 Å². The first-order valence-corrected chi connectivity index (χ1v) is 8.13. The molecule has 0 amide bonds. The fourth-order valence-electron chi connectivity index (χ4n) is 2.18. The molecule has 0 saturated heterocycles. The lowest BCUT2D eigenvalue weighted by atomic mass is 10.0. The summed E-state index contributed by atoms with van der Waals surface area (Å²) < 4.78 is 28.4. The van der Waals surface area contributed by atoms with Crippen molar-refractivity contribution < 1.29 is 13.5 Å². The molecule has 0 aliphatic heterocycles. The molecule has 1 N–H and O–H groups in total. The fourth-order valence-corrected chi connectivity index (χ4v) is 2.74. The number of hydrogen-bond donors (Lipinski definition) is 1. The van der Waals surface area contributed by atoms with E-state index < -0.39 is 11.1 Å². The maximum atomic E-state index is 11.4. The molecule has 2 aromatic carbocycles. The van der Waals surface area contributed by atoms with E-state index in [1.165, 1.54) is 0 Å². The highest BCUT2D eigenvalue weighted by atomic mass is 32.2. The van der Waals surface area contributed by atoms with Gasteiger partial charge in [0.2, 0.25) is 0 Å². The van der Waals surface area contributed by atoms with Gasteiger partial charge in [-0.15, -0.1) is 0 Å². The van der Waals surface area contributed by atoms with Crippen molar-refractivity contribution in [1.82, 2.24) is 0 Å². The predicted octanol–water partition coefficient (Wildman–Crippen LogP) is 3.77. The standard InChI is InChI=1S/C17H19NO3S/c1-3-10-21-16-11-13(8-9-14(16)12(2)18)15-6-4-5-7-17(15)22(19)20/h4-9,11,18H,3,10H2,1-2H3,(H,19,20)/p-1. The van der Waals surface area contributed by atoms with Gasteiger partial charge in [0.15, 0.2) is 0 Å². The summed E-state index contributed by atoms with van der Waals surface area (Å²) in [7, 11) is 0. The van der Waals surface area contributed by atoms with E-state index in [2.05, 4.69) is 0 Å². The Bertz CT molecular complexity index is 713. The molecule has 0 bridgehead atoms. The van der Waals surface area contributed by atoms with Crippen molar-refractivity contribution in [2.75, 3.05) is 6.61 Å². The zero-order chi connectivity index (χ0) is 16.1. The molecule has 1 atom stereocenters. The van der Waals surface area contributed by atoms with Crippen molar-refractivity contribution in [2.45, 2.75) is 25.2 Å². The van der Waals surface area contributed by atoms with E-state index in [1.807, 2.05) is 13.0 Å². The minimum absolute atomic E-state index is 0.253. The summed E-state index contributed by atoms with van der Waals surface area (Å²) in [6, 6.07) is 12.2. The lowest BCUT2D eigenvalue weighted by molar-refractivity contribution is 0.317. The van der Waals surface area contributed by atoms with Crippen LogP contribution in [0.2, 0.25) is 0 Å². The molecule has 5 heteroatoms. The average Bonchev–Trinajstić information content (AvgIpc) is 2.52. The second kappa shape index (κ2) is 7.33. The summed E-state index contributed by atoms with van der Waals surface area (Å²) in [6.45, 7) is 4.27. The average molecular weight is 316 g/mol. The second-order valence-corrected chi connectivity index (χ2v) is 5.82. The predicted molar refractivity (Wildman–Crippen MR) is 87.4 cm³/mol. The van der Waals surface area contributed by atoms with Gasteiger partial charge in [0, 0.05) is 16.2 Å². The summed E-state index contributed by atoms with van der Waals surface area (Å²) in [5.41, 5.74) is 2.53. The smallest absolute Gasteiger partial charge is 0.128 e. The van der Waals surface area contributed by atoms with E-state index >= 15 is 0 Å². The fraction of sp³-hybridized carbons (Fsp3) is 0.235. The number of hydrogen-bond acceptors (Lipinski definition) is 4. The van der Waals surface area contributed by atoms with Gasteiger partial charge in [0.05, 0.1) is 6.61 Å². The molecule has 116 valence electrons. The summed E-state index contributed by atoms with van der Waals surface area (Å²) in [5, 5.41) is 7.82. The zero-order valence-corrected chi connectivity index (χ0v) is 13.4. The first-order chi connectivity index (χ1) is 10.5. The van der Waals surface area contributed by atoms with Crippen LogP contribution in [0.1, 0.15) is 25.8 Å². The van der Waals surface area contributed by atoms with Gasteiger partial charge in [-0.05, 0) is 53.8 Å². The maximum Gasteiger partial charge on any atom is 0.128 e. The van der Waals surface area contributed by atoms with E-state index in [-0.39, 0.29) is 4.90 Å². The molecule has 0 heterocycles. The molecule has 1 unspecified atom stereocenters. The normalized spacial score (nSPS) is 12.0. The molecule has 2 rings (SSSR count). The van der Waals surface area contributed by atoms with Crippen LogP contribution in [-0.2, 0) is 11.1 Å². The number of benzene rings is 2. The van der Waals surface area contributed by atoms with Gasteiger partial charge in [0.25, 0.3) is 0 Å². The third-order valence-electron chi connectivity index (χ3n) is 3.22. The quantitative estimate of drug-likeness (QED) is 0.651. The summed E-state index contributed by atoms with van der Waals surface area (Å²) in [5.74, 6) is 0.610. The van der Waals surface area contributed by atoms with E-state index in [4.69, 9.17) is 10.1 Å². The van der Waals surface area contributed by atoms with Crippen molar-refractivity contribution >= 4 is 16.8 Å². The Morgan fingerprint density at radius 1 is 1.27 bits per heavy atom. The highest BCUT2D eigenvalue weighted by Gasteiger charge is 2.11. The molecule has 22 heavy (non-hydrogen) atoms. The highest BCUT2D eigenvalue weighted by Crippen LogP contribution is 2.31. The molecule has 0 saturated carbocycles. The summed E-state index contributed by atoms with van der Waals surface area (Å²) in [6.07, 6.45) is 0.863. The van der Waals surface area contributed by atoms with E-state index in [0.29, 0.717) is 23.6 Å². The molecule has 0 aromatic heterocycles. The van der Waals surface area contributed by atoms with Gasteiger partial charge in [-0.25, -0.2) is 0 Å². The van der Waals surface area contributed by atoms with Crippen LogP contribution in [-0.4, -0.2) is 21.1 Å². The van der Waals surface area contributed by atoms with Crippen LogP contribution in [0.4, 0.5) is 0 Å². The molecule has 0 radical (unpaired) electrons. The Balaban J connectivity index is 2.53. The third-order valence-corrected chi connectivity index (χ3v) is 3.94. The van der Waals surface area contributed by atoms with Crippen molar-refractivity contribution in [3.05, 3.63) is 48.0 Å². The molecule has 0 aliphatic carbocycles. The van der Waals surface area contributed by atoms with Crippen molar-refractivity contribution in [2.24, 2.45) is 0 Å². The van der Waals surface area contributed by atoms with Crippen LogP contribution < -0.4 is 4.74 Å². The van der Waals surface area contributed by atoms with Gasteiger partial charge < -0.3 is 14.7 Å².